The van der Waals surface area contributed by atoms with Gasteiger partial charge >= 0.3 is 0 Å². The molecule has 0 aliphatic rings. The minimum atomic E-state index is 0.207. The minimum absolute atomic E-state index is 0.207. The summed E-state index contributed by atoms with van der Waals surface area (Å²) in [5.74, 6) is 0.785. The zero-order valence-electron chi connectivity index (χ0n) is 13.4. The zero-order chi connectivity index (χ0) is 16.2. The van der Waals surface area contributed by atoms with Crippen molar-refractivity contribution in [1.29, 1.82) is 0 Å². The molecule has 0 spiro atoms. The van der Waals surface area contributed by atoms with Crippen molar-refractivity contribution in [3.63, 3.8) is 0 Å². The summed E-state index contributed by atoms with van der Waals surface area (Å²) in [7, 11) is 0. The van der Waals surface area contributed by atoms with Crippen molar-refractivity contribution in [2.24, 2.45) is 10.1 Å². The van der Waals surface area contributed by atoms with Crippen LogP contribution in [-0.2, 0) is 0 Å². The second-order valence-electron chi connectivity index (χ2n) is 5.57. The summed E-state index contributed by atoms with van der Waals surface area (Å²) >= 11 is 1.56. The van der Waals surface area contributed by atoms with E-state index in [1.54, 1.807) is 17.6 Å². The average Bonchev–Trinajstić information content (AvgIpc) is 3.16. The summed E-state index contributed by atoms with van der Waals surface area (Å²) in [6.07, 6.45) is 3.51. The summed E-state index contributed by atoms with van der Waals surface area (Å²) in [5, 5.41) is 6.64. The second-order valence-corrected chi connectivity index (χ2v) is 6.41. The Kier molecular flexibility index (Phi) is 4.57. The molecular weight excluding hydrogens is 306 g/mol. The highest BCUT2D eigenvalue weighted by Gasteiger charge is 2.09. The summed E-state index contributed by atoms with van der Waals surface area (Å²) in [5.41, 5.74) is 3.19. The van der Waals surface area contributed by atoms with Gasteiger partial charge in [-0.15, -0.1) is 11.3 Å². The van der Waals surface area contributed by atoms with Crippen LogP contribution in [0.3, 0.4) is 0 Å². The molecule has 0 saturated heterocycles. The van der Waals surface area contributed by atoms with E-state index in [1.807, 2.05) is 28.4 Å². The van der Waals surface area contributed by atoms with Crippen LogP contribution in [-0.4, -0.2) is 16.9 Å². The van der Waals surface area contributed by atoms with Crippen LogP contribution < -0.4 is 4.80 Å². The SMILES string of the molecule is Cc1ccc(C=Nn2c(-c3ccco3)csc2=NC(C)C)cc1. The van der Waals surface area contributed by atoms with Crippen LogP contribution >= 0.6 is 11.3 Å². The standard InChI is InChI=1S/C18H19N3OS/c1-13(2)20-18-21(16(12-23-18)17-5-4-10-22-17)19-11-15-8-6-14(3)7-9-15/h4-13H,1-3H3. The quantitative estimate of drug-likeness (QED) is 0.659. The van der Waals surface area contributed by atoms with Gasteiger partial charge in [-0.25, -0.2) is 4.68 Å². The van der Waals surface area contributed by atoms with Gasteiger partial charge < -0.3 is 4.42 Å². The fourth-order valence-corrected chi connectivity index (χ4v) is 3.04. The van der Waals surface area contributed by atoms with Gasteiger partial charge in [0.15, 0.2) is 5.76 Å². The summed E-state index contributed by atoms with van der Waals surface area (Å²) in [6, 6.07) is 12.3. The molecule has 0 atom stereocenters. The number of benzene rings is 1. The van der Waals surface area contributed by atoms with Crippen LogP contribution in [0.5, 0.6) is 0 Å². The summed E-state index contributed by atoms with van der Waals surface area (Å²) < 4.78 is 7.35. The number of hydrogen-bond acceptors (Lipinski definition) is 4. The monoisotopic (exact) mass is 325 g/mol. The third kappa shape index (κ3) is 3.68. The van der Waals surface area contributed by atoms with Crippen molar-refractivity contribution < 1.29 is 4.42 Å². The van der Waals surface area contributed by atoms with Gasteiger partial charge in [-0.1, -0.05) is 29.8 Å². The highest BCUT2D eigenvalue weighted by Crippen LogP contribution is 2.20. The van der Waals surface area contributed by atoms with Gasteiger partial charge in [0.25, 0.3) is 0 Å². The molecule has 3 rings (SSSR count). The number of thiazole rings is 1. The Labute approximate surface area is 139 Å². The van der Waals surface area contributed by atoms with E-state index in [0.29, 0.717) is 0 Å². The molecule has 5 heteroatoms. The van der Waals surface area contributed by atoms with Crippen molar-refractivity contribution >= 4 is 17.6 Å². The maximum absolute atomic E-state index is 5.52. The molecular formula is C18H19N3OS. The van der Waals surface area contributed by atoms with E-state index in [9.17, 15) is 0 Å². The Bertz CT molecular complexity index is 853. The van der Waals surface area contributed by atoms with E-state index in [4.69, 9.17) is 4.42 Å². The molecule has 0 amide bonds. The molecule has 0 N–H and O–H groups in total. The number of aryl methyl sites for hydroxylation is 1. The van der Waals surface area contributed by atoms with Crippen LogP contribution in [0.15, 0.2) is 62.6 Å². The molecule has 3 aromatic rings. The maximum Gasteiger partial charge on any atom is 0.206 e. The first-order chi connectivity index (χ1) is 11.1. The number of hydrogen-bond donors (Lipinski definition) is 0. The highest BCUT2D eigenvalue weighted by atomic mass is 32.1. The first-order valence-electron chi connectivity index (χ1n) is 7.53. The molecule has 0 aliphatic heterocycles. The van der Waals surface area contributed by atoms with Crippen LogP contribution in [0.2, 0.25) is 0 Å². The van der Waals surface area contributed by atoms with Crippen molar-refractivity contribution in [2.45, 2.75) is 26.8 Å². The van der Waals surface area contributed by atoms with Crippen molar-refractivity contribution in [2.75, 3.05) is 0 Å². The minimum Gasteiger partial charge on any atom is -0.463 e. The lowest BCUT2D eigenvalue weighted by atomic mass is 10.2. The molecule has 0 aliphatic carbocycles. The Morgan fingerprint density at radius 1 is 1.17 bits per heavy atom. The van der Waals surface area contributed by atoms with E-state index in [0.717, 1.165) is 21.8 Å². The molecule has 4 nitrogen and oxygen atoms in total. The predicted molar refractivity (Wildman–Crippen MR) is 94.9 cm³/mol. The molecule has 0 radical (unpaired) electrons. The molecule has 0 unspecified atom stereocenters. The number of nitrogens with zero attached hydrogens (tertiary/aromatic N) is 3. The van der Waals surface area contributed by atoms with Crippen LogP contribution in [0, 0.1) is 6.92 Å². The Morgan fingerprint density at radius 2 is 1.96 bits per heavy atom. The number of furan rings is 1. The smallest absolute Gasteiger partial charge is 0.206 e. The molecule has 1 aromatic carbocycles. The van der Waals surface area contributed by atoms with Crippen LogP contribution in [0.1, 0.15) is 25.0 Å². The Hall–Kier alpha value is -2.40. The first-order valence-corrected chi connectivity index (χ1v) is 8.41. The Morgan fingerprint density at radius 3 is 2.61 bits per heavy atom. The second kappa shape index (κ2) is 6.79. The average molecular weight is 325 g/mol. The fourth-order valence-electron chi connectivity index (χ4n) is 2.09. The molecule has 23 heavy (non-hydrogen) atoms. The molecule has 118 valence electrons. The van der Waals surface area contributed by atoms with Crippen molar-refractivity contribution in [1.82, 2.24) is 4.68 Å². The largest absolute Gasteiger partial charge is 0.463 e. The van der Waals surface area contributed by atoms with E-state index in [1.165, 1.54) is 5.56 Å². The zero-order valence-corrected chi connectivity index (χ0v) is 14.2. The highest BCUT2D eigenvalue weighted by molar-refractivity contribution is 7.07. The van der Waals surface area contributed by atoms with Crippen LogP contribution in [0.4, 0.5) is 0 Å². The lowest BCUT2D eigenvalue weighted by Gasteiger charge is -2.01. The molecule has 2 heterocycles. The molecule has 0 fully saturated rings. The van der Waals surface area contributed by atoms with Gasteiger partial charge in [0.1, 0.15) is 5.69 Å². The van der Waals surface area contributed by atoms with Gasteiger partial charge in [0, 0.05) is 11.4 Å². The van der Waals surface area contributed by atoms with Gasteiger partial charge in [-0.2, -0.15) is 5.10 Å². The predicted octanol–water partition coefficient (Wildman–Crippen LogP) is 4.31. The number of rotatable bonds is 4. The van der Waals surface area contributed by atoms with Crippen LogP contribution in [0.25, 0.3) is 11.5 Å². The normalized spacial score (nSPS) is 12.6. The fraction of sp³-hybridized carbons (Fsp3) is 0.222. The third-order valence-corrected chi connectivity index (χ3v) is 4.06. The lowest BCUT2D eigenvalue weighted by molar-refractivity contribution is 0.575. The van der Waals surface area contributed by atoms with E-state index < -0.39 is 0 Å². The Balaban J connectivity index is 2.05. The molecule has 0 saturated carbocycles. The van der Waals surface area contributed by atoms with E-state index >= 15 is 0 Å². The van der Waals surface area contributed by atoms with Crippen molar-refractivity contribution in [3.8, 4) is 11.5 Å². The van der Waals surface area contributed by atoms with Gasteiger partial charge in [0.2, 0.25) is 4.80 Å². The maximum atomic E-state index is 5.52. The van der Waals surface area contributed by atoms with E-state index in [2.05, 4.69) is 55.1 Å². The molecule has 0 bridgehead atoms. The van der Waals surface area contributed by atoms with Crippen molar-refractivity contribution in [3.05, 3.63) is 64.0 Å². The first kappa shape index (κ1) is 15.5. The molecule has 2 aromatic heterocycles. The lowest BCUT2D eigenvalue weighted by Crippen LogP contribution is -2.14. The topological polar surface area (TPSA) is 42.8 Å². The van der Waals surface area contributed by atoms with Gasteiger partial charge in [0.05, 0.1) is 12.5 Å². The summed E-state index contributed by atoms with van der Waals surface area (Å²) in [6.45, 7) is 6.18. The van der Waals surface area contributed by atoms with Gasteiger partial charge in [-0.05, 0) is 38.5 Å². The van der Waals surface area contributed by atoms with Gasteiger partial charge in [-0.3, -0.25) is 4.99 Å². The third-order valence-electron chi connectivity index (χ3n) is 3.23. The van der Waals surface area contributed by atoms with E-state index in [-0.39, 0.29) is 6.04 Å². The number of aromatic nitrogens is 1. The summed E-state index contributed by atoms with van der Waals surface area (Å²) in [4.78, 5) is 5.50.